The van der Waals surface area contributed by atoms with Crippen LogP contribution in [-0.2, 0) is 0 Å². The molecule has 1 aliphatic rings. The lowest BCUT2D eigenvalue weighted by Crippen LogP contribution is -2.07. The largest absolute Gasteiger partial charge is 0.387 e. The molecule has 2 heteroatoms. The summed E-state index contributed by atoms with van der Waals surface area (Å²) in [7, 11) is 0. The van der Waals surface area contributed by atoms with Gasteiger partial charge in [-0.1, -0.05) is 48.0 Å². The van der Waals surface area contributed by atoms with Crippen molar-refractivity contribution in [3.8, 4) is 12.3 Å². The first kappa shape index (κ1) is 11.3. The van der Waals surface area contributed by atoms with Gasteiger partial charge in [0.1, 0.15) is 0 Å². The van der Waals surface area contributed by atoms with Crippen molar-refractivity contribution in [2.24, 2.45) is 0 Å². The lowest BCUT2D eigenvalue weighted by Gasteiger charge is -2.11. The highest BCUT2D eigenvalue weighted by molar-refractivity contribution is 6.55. The Hall–Kier alpha value is -1.75. The predicted octanol–water partition coefficient (Wildman–Crippen LogP) is 3.64. The molecule has 1 N–H and O–H groups in total. The zero-order valence-corrected chi connectivity index (χ0v) is 10.4. The maximum absolute atomic E-state index is 10.2. The first-order valence-electron chi connectivity index (χ1n) is 5.77. The highest BCUT2D eigenvalue weighted by atomic mass is 35.5. The smallest absolute Gasteiger partial charge is 0.0919 e. The minimum atomic E-state index is -0.708. The topological polar surface area (TPSA) is 20.2 Å². The molecular weight excluding hydrogens is 244 g/mol. The number of rotatable bonds is 2. The molecule has 0 aliphatic heterocycles. The Bertz CT molecular complexity index is 701. The van der Waals surface area contributed by atoms with Crippen molar-refractivity contribution in [2.45, 2.75) is 12.5 Å². The number of hydrogen-bond donors (Lipinski definition) is 1. The number of terminal acetylenes is 1. The summed E-state index contributed by atoms with van der Waals surface area (Å²) in [6.45, 7) is 0. The van der Waals surface area contributed by atoms with Gasteiger partial charge in [-0.25, -0.2) is 0 Å². The lowest BCUT2D eigenvalue weighted by molar-refractivity contribution is 0.239. The van der Waals surface area contributed by atoms with Crippen LogP contribution in [0.1, 0.15) is 17.5 Å². The molecule has 0 radical (unpaired) electrons. The van der Waals surface area contributed by atoms with E-state index in [0.29, 0.717) is 5.03 Å². The minimum Gasteiger partial charge on any atom is -0.387 e. The molecule has 0 amide bonds. The van der Waals surface area contributed by atoms with Crippen LogP contribution in [0, 0.1) is 12.3 Å². The second kappa shape index (κ2) is 4.17. The zero-order chi connectivity index (χ0) is 12.7. The number of aliphatic hydroxyl groups excluding tert-OH is 1. The summed E-state index contributed by atoms with van der Waals surface area (Å²) in [5.41, 5.74) is 2.73. The predicted molar refractivity (Wildman–Crippen MR) is 76.1 cm³/mol. The van der Waals surface area contributed by atoms with Crippen LogP contribution in [-0.4, -0.2) is 11.2 Å². The molecule has 18 heavy (non-hydrogen) atoms. The van der Waals surface area contributed by atoms with Crippen LogP contribution >= 0.6 is 11.6 Å². The maximum atomic E-state index is 10.2. The van der Waals surface area contributed by atoms with Gasteiger partial charge in [-0.15, -0.1) is 12.3 Å². The minimum absolute atomic E-state index is 0.274. The molecule has 2 aromatic carbocycles. The molecule has 0 saturated carbocycles. The molecule has 0 spiro atoms. The van der Waals surface area contributed by atoms with E-state index in [9.17, 15) is 5.11 Å². The number of hydrogen-bond acceptors (Lipinski definition) is 1. The van der Waals surface area contributed by atoms with E-state index in [0.717, 1.165) is 27.5 Å². The quantitative estimate of drug-likeness (QED) is 0.812. The van der Waals surface area contributed by atoms with Crippen molar-refractivity contribution in [1.82, 2.24) is 0 Å². The van der Waals surface area contributed by atoms with Gasteiger partial charge < -0.3 is 5.11 Å². The molecule has 1 aliphatic carbocycles. The fraction of sp³-hybridized carbons (Fsp3) is 0.125. The maximum Gasteiger partial charge on any atom is 0.0919 e. The average molecular weight is 255 g/mol. The molecule has 2 aromatic rings. The third kappa shape index (κ3) is 1.47. The van der Waals surface area contributed by atoms with Crippen molar-refractivity contribution in [3.05, 3.63) is 47.5 Å². The molecule has 0 fully saturated rings. The van der Waals surface area contributed by atoms with Crippen molar-refractivity contribution in [3.63, 3.8) is 0 Å². The summed E-state index contributed by atoms with van der Waals surface area (Å²) < 4.78 is 0. The fourth-order valence-corrected chi connectivity index (χ4v) is 2.94. The molecule has 1 unspecified atom stereocenters. The second-order valence-corrected chi connectivity index (χ2v) is 4.74. The molecule has 1 atom stereocenters. The first-order valence-corrected chi connectivity index (χ1v) is 6.15. The molecular formula is C16H11ClO. The first-order chi connectivity index (χ1) is 8.74. The van der Waals surface area contributed by atoms with Gasteiger partial charge in [-0.05, 0) is 16.3 Å². The Kier molecular flexibility index (Phi) is 2.63. The summed E-state index contributed by atoms with van der Waals surface area (Å²) in [6, 6.07) is 12.0. The van der Waals surface area contributed by atoms with Gasteiger partial charge in [0, 0.05) is 17.6 Å². The van der Waals surface area contributed by atoms with Gasteiger partial charge in [0.2, 0.25) is 0 Å². The molecule has 1 nitrogen and oxygen atoms in total. The van der Waals surface area contributed by atoms with Gasteiger partial charge in [0.15, 0.2) is 0 Å². The zero-order valence-electron chi connectivity index (χ0n) is 9.65. The van der Waals surface area contributed by atoms with Crippen molar-refractivity contribution >= 4 is 33.0 Å². The summed E-state index contributed by atoms with van der Waals surface area (Å²) in [6.07, 6.45) is 4.84. The lowest BCUT2D eigenvalue weighted by atomic mass is 9.98. The Morgan fingerprint density at radius 2 is 1.83 bits per heavy atom. The third-order valence-electron chi connectivity index (χ3n) is 3.31. The van der Waals surface area contributed by atoms with E-state index in [4.69, 9.17) is 18.0 Å². The Labute approximate surface area is 111 Å². The van der Waals surface area contributed by atoms with Crippen LogP contribution in [0.15, 0.2) is 36.4 Å². The van der Waals surface area contributed by atoms with Crippen LogP contribution in [0.25, 0.3) is 21.4 Å². The van der Waals surface area contributed by atoms with Crippen molar-refractivity contribution < 1.29 is 5.11 Å². The van der Waals surface area contributed by atoms with Crippen LogP contribution in [0.2, 0.25) is 0 Å². The van der Waals surface area contributed by atoms with Crippen molar-refractivity contribution in [2.75, 3.05) is 0 Å². The Morgan fingerprint density at radius 3 is 2.50 bits per heavy atom. The third-order valence-corrected chi connectivity index (χ3v) is 3.72. The van der Waals surface area contributed by atoms with E-state index in [1.807, 2.05) is 36.4 Å². The molecule has 88 valence electrons. The normalized spacial score (nSPS) is 14.9. The number of halogens is 1. The van der Waals surface area contributed by atoms with E-state index >= 15 is 0 Å². The summed E-state index contributed by atoms with van der Waals surface area (Å²) >= 11 is 6.40. The molecule has 0 bridgehead atoms. The van der Waals surface area contributed by atoms with Crippen molar-refractivity contribution in [1.29, 1.82) is 0 Å². The average Bonchev–Trinajstić information content (AvgIpc) is 2.66. The van der Waals surface area contributed by atoms with E-state index in [1.54, 1.807) is 0 Å². The van der Waals surface area contributed by atoms with Gasteiger partial charge in [-0.2, -0.15) is 0 Å². The molecule has 3 rings (SSSR count). The molecule has 0 aromatic heterocycles. The van der Waals surface area contributed by atoms with E-state index < -0.39 is 6.10 Å². The highest BCUT2D eigenvalue weighted by Gasteiger charge is 2.26. The van der Waals surface area contributed by atoms with Crippen LogP contribution in [0.3, 0.4) is 0 Å². The van der Waals surface area contributed by atoms with Gasteiger partial charge >= 0.3 is 0 Å². The van der Waals surface area contributed by atoms with E-state index in [1.165, 1.54) is 0 Å². The van der Waals surface area contributed by atoms with Crippen LogP contribution in [0.5, 0.6) is 0 Å². The number of aliphatic hydroxyl groups is 1. The summed E-state index contributed by atoms with van der Waals surface area (Å²) in [5.74, 6) is 2.48. The monoisotopic (exact) mass is 254 g/mol. The number of benzene rings is 2. The molecule has 0 saturated heterocycles. The van der Waals surface area contributed by atoms with Gasteiger partial charge in [0.25, 0.3) is 0 Å². The SMILES string of the molecule is C#CCC(O)C1=C(Cl)c2cccc3cccc1c23. The standard InChI is InChI=1S/C16H11ClO/c1-2-5-13(18)15-11-8-3-6-10-7-4-9-12(14(10)11)16(15)17/h1,3-4,6-9,13,18H,5H2. The molecule has 0 heterocycles. The second-order valence-electron chi connectivity index (χ2n) is 4.36. The highest BCUT2D eigenvalue weighted by Crippen LogP contribution is 2.45. The summed E-state index contributed by atoms with van der Waals surface area (Å²) in [4.78, 5) is 0. The van der Waals surface area contributed by atoms with Crippen LogP contribution in [0.4, 0.5) is 0 Å². The van der Waals surface area contributed by atoms with Gasteiger partial charge in [0.05, 0.1) is 11.1 Å². The summed E-state index contributed by atoms with van der Waals surface area (Å²) in [5, 5.41) is 13.0. The Morgan fingerprint density at radius 1 is 1.17 bits per heavy atom. The fourth-order valence-electron chi connectivity index (χ4n) is 2.55. The van der Waals surface area contributed by atoms with Gasteiger partial charge in [-0.3, -0.25) is 0 Å². The van der Waals surface area contributed by atoms with E-state index in [2.05, 4.69) is 5.92 Å². The van der Waals surface area contributed by atoms with Crippen LogP contribution < -0.4 is 0 Å². The van der Waals surface area contributed by atoms with E-state index in [-0.39, 0.29) is 6.42 Å². The Balaban J connectivity index is 2.29.